The Labute approximate surface area is 84.5 Å². The third-order valence-electron chi connectivity index (χ3n) is 1.80. The van der Waals surface area contributed by atoms with E-state index in [9.17, 15) is 0 Å². The van der Waals surface area contributed by atoms with Gasteiger partial charge in [0.15, 0.2) is 0 Å². The van der Waals surface area contributed by atoms with Crippen LogP contribution in [0.15, 0.2) is 17.0 Å². The Hall–Kier alpha value is -0.710. The van der Waals surface area contributed by atoms with Gasteiger partial charge < -0.3 is 5.11 Å². The zero-order chi connectivity index (χ0) is 9.26. The second-order valence-electron chi connectivity index (χ2n) is 2.76. The van der Waals surface area contributed by atoms with Crippen LogP contribution in [0.2, 0.25) is 0 Å². The van der Waals surface area contributed by atoms with Gasteiger partial charge in [0.2, 0.25) is 0 Å². The number of hydrogen-bond donors (Lipinski definition) is 1. The Morgan fingerprint density at radius 3 is 2.85 bits per heavy atom. The highest BCUT2D eigenvalue weighted by Gasteiger charge is 2.07. The Morgan fingerprint density at radius 2 is 2.31 bits per heavy atom. The van der Waals surface area contributed by atoms with Gasteiger partial charge in [0.25, 0.3) is 0 Å². The smallest absolute Gasteiger partial charge is 0.124 e. The summed E-state index contributed by atoms with van der Waals surface area (Å²) in [5, 5.41) is 14.1. The lowest BCUT2D eigenvalue weighted by Crippen LogP contribution is -1.72. The minimum Gasteiger partial charge on any atom is -0.391 e. The van der Waals surface area contributed by atoms with E-state index in [2.05, 4.69) is 22.7 Å². The summed E-state index contributed by atoms with van der Waals surface area (Å²) >= 11 is 3.23. The van der Waals surface area contributed by atoms with Gasteiger partial charge in [-0.1, -0.05) is 0 Å². The van der Waals surface area contributed by atoms with Crippen LogP contribution >= 0.6 is 22.7 Å². The molecule has 2 aromatic heterocycles. The molecule has 0 unspecified atom stereocenters. The van der Waals surface area contributed by atoms with Gasteiger partial charge in [-0.3, -0.25) is 0 Å². The monoisotopic (exact) mass is 211 g/mol. The number of aliphatic hydroxyl groups excluding tert-OH is 1. The maximum atomic E-state index is 8.89. The van der Waals surface area contributed by atoms with E-state index >= 15 is 0 Å². The molecule has 2 heterocycles. The molecular weight excluding hydrogens is 202 g/mol. The Kier molecular flexibility index (Phi) is 2.44. The number of aryl methyl sites for hydroxylation is 1. The molecule has 0 aliphatic heterocycles. The summed E-state index contributed by atoms with van der Waals surface area (Å²) in [6.07, 6.45) is 1.73. The molecule has 68 valence electrons. The van der Waals surface area contributed by atoms with E-state index in [1.54, 1.807) is 28.9 Å². The number of thiazole rings is 1. The normalized spacial score (nSPS) is 10.6. The molecule has 0 spiro atoms. The van der Waals surface area contributed by atoms with Crippen molar-refractivity contribution in [1.29, 1.82) is 0 Å². The first-order chi connectivity index (χ1) is 6.31. The van der Waals surface area contributed by atoms with E-state index in [-0.39, 0.29) is 6.61 Å². The summed E-state index contributed by atoms with van der Waals surface area (Å²) in [4.78, 5) is 5.17. The van der Waals surface area contributed by atoms with Gasteiger partial charge in [-0.05, 0) is 17.9 Å². The van der Waals surface area contributed by atoms with Crippen molar-refractivity contribution in [2.24, 2.45) is 0 Å². The molecule has 0 atom stereocenters. The lowest BCUT2D eigenvalue weighted by Gasteiger charge is -1.91. The highest BCUT2D eigenvalue weighted by molar-refractivity contribution is 7.15. The van der Waals surface area contributed by atoms with Gasteiger partial charge in [-0.25, -0.2) is 4.98 Å². The number of rotatable bonds is 2. The van der Waals surface area contributed by atoms with Crippen LogP contribution in [0.25, 0.3) is 10.6 Å². The van der Waals surface area contributed by atoms with E-state index in [1.807, 2.05) is 0 Å². The fraction of sp³-hybridized carbons (Fsp3) is 0.222. The van der Waals surface area contributed by atoms with Gasteiger partial charge in [0.05, 0.1) is 11.5 Å². The summed E-state index contributed by atoms with van der Waals surface area (Å²) in [6.45, 7) is 2.16. The summed E-state index contributed by atoms with van der Waals surface area (Å²) in [7, 11) is 0. The average Bonchev–Trinajstić information content (AvgIpc) is 2.71. The van der Waals surface area contributed by atoms with Crippen molar-refractivity contribution in [1.82, 2.24) is 4.98 Å². The summed E-state index contributed by atoms with van der Waals surface area (Å²) in [6, 6.07) is 0. The number of nitrogens with zero attached hydrogens (tertiary/aromatic N) is 1. The fourth-order valence-electron chi connectivity index (χ4n) is 1.08. The first-order valence-corrected chi connectivity index (χ1v) is 5.66. The van der Waals surface area contributed by atoms with Gasteiger partial charge in [-0.2, -0.15) is 11.3 Å². The average molecular weight is 211 g/mol. The molecule has 13 heavy (non-hydrogen) atoms. The second kappa shape index (κ2) is 3.57. The lowest BCUT2D eigenvalue weighted by atomic mass is 10.2. The fourth-order valence-corrected chi connectivity index (χ4v) is 2.85. The molecule has 0 saturated heterocycles. The van der Waals surface area contributed by atoms with E-state index < -0.39 is 0 Å². The van der Waals surface area contributed by atoms with Crippen LogP contribution in [-0.4, -0.2) is 10.1 Å². The maximum absolute atomic E-state index is 8.89. The lowest BCUT2D eigenvalue weighted by molar-refractivity contribution is 0.285. The molecule has 4 heteroatoms. The molecule has 0 fully saturated rings. The third-order valence-corrected chi connectivity index (χ3v) is 3.67. The number of aliphatic hydroxyl groups is 1. The standard InChI is InChI=1S/C9H9NOS2/c1-6-4-12-5-8(6)9-10-2-7(3-11)13-9/h2,4-5,11H,3H2,1H3. The first-order valence-electron chi connectivity index (χ1n) is 3.90. The molecule has 0 aromatic carbocycles. The highest BCUT2D eigenvalue weighted by Crippen LogP contribution is 2.30. The van der Waals surface area contributed by atoms with E-state index in [0.29, 0.717) is 0 Å². The van der Waals surface area contributed by atoms with Crippen LogP contribution in [0.5, 0.6) is 0 Å². The van der Waals surface area contributed by atoms with Crippen LogP contribution in [0.3, 0.4) is 0 Å². The quantitative estimate of drug-likeness (QED) is 0.828. The zero-order valence-corrected chi connectivity index (χ0v) is 8.78. The van der Waals surface area contributed by atoms with E-state index in [1.165, 1.54) is 11.1 Å². The molecule has 1 N–H and O–H groups in total. The van der Waals surface area contributed by atoms with Gasteiger partial charge in [-0.15, -0.1) is 11.3 Å². The van der Waals surface area contributed by atoms with Crippen molar-refractivity contribution < 1.29 is 5.11 Å². The predicted molar refractivity (Wildman–Crippen MR) is 56.1 cm³/mol. The second-order valence-corrected chi connectivity index (χ2v) is 4.62. The van der Waals surface area contributed by atoms with Crippen LogP contribution in [0, 0.1) is 6.92 Å². The number of aromatic nitrogens is 1. The van der Waals surface area contributed by atoms with E-state index in [4.69, 9.17) is 5.11 Å². The Morgan fingerprint density at radius 1 is 1.46 bits per heavy atom. The number of thiophene rings is 1. The molecule has 0 bridgehead atoms. The molecular formula is C9H9NOS2. The van der Waals surface area contributed by atoms with Crippen molar-refractivity contribution in [3.05, 3.63) is 27.4 Å². The first kappa shape index (κ1) is 8.87. The summed E-state index contributed by atoms with van der Waals surface area (Å²) < 4.78 is 0. The molecule has 2 nitrogen and oxygen atoms in total. The van der Waals surface area contributed by atoms with Crippen LogP contribution < -0.4 is 0 Å². The van der Waals surface area contributed by atoms with Crippen molar-refractivity contribution in [3.8, 4) is 10.6 Å². The molecule has 0 aliphatic carbocycles. The summed E-state index contributed by atoms with van der Waals surface area (Å²) in [5.41, 5.74) is 2.44. The van der Waals surface area contributed by atoms with Crippen molar-refractivity contribution in [3.63, 3.8) is 0 Å². The molecule has 2 aromatic rings. The predicted octanol–water partition coefficient (Wildman–Crippen LogP) is 2.67. The highest BCUT2D eigenvalue weighted by atomic mass is 32.1. The van der Waals surface area contributed by atoms with E-state index in [0.717, 1.165) is 9.88 Å². The third kappa shape index (κ3) is 1.65. The Balaban J connectivity index is 2.41. The van der Waals surface area contributed by atoms with Crippen molar-refractivity contribution in [2.75, 3.05) is 0 Å². The van der Waals surface area contributed by atoms with Crippen LogP contribution in [0.1, 0.15) is 10.4 Å². The SMILES string of the molecule is Cc1cscc1-c1ncc(CO)s1. The van der Waals surface area contributed by atoms with Gasteiger partial charge in [0.1, 0.15) is 5.01 Å². The molecule has 0 radical (unpaired) electrons. The molecule has 0 aliphatic rings. The summed E-state index contributed by atoms with van der Waals surface area (Å²) in [5.74, 6) is 0. The zero-order valence-electron chi connectivity index (χ0n) is 7.15. The van der Waals surface area contributed by atoms with Crippen LogP contribution in [0.4, 0.5) is 0 Å². The van der Waals surface area contributed by atoms with Crippen LogP contribution in [-0.2, 0) is 6.61 Å². The Bertz CT molecular complexity index is 405. The maximum Gasteiger partial charge on any atom is 0.124 e. The topological polar surface area (TPSA) is 33.1 Å². The largest absolute Gasteiger partial charge is 0.391 e. The minimum atomic E-state index is 0.0842. The number of hydrogen-bond acceptors (Lipinski definition) is 4. The molecule has 0 saturated carbocycles. The van der Waals surface area contributed by atoms with Crippen molar-refractivity contribution >= 4 is 22.7 Å². The van der Waals surface area contributed by atoms with Gasteiger partial charge >= 0.3 is 0 Å². The van der Waals surface area contributed by atoms with Crippen molar-refractivity contribution in [2.45, 2.75) is 13.5 Å². The molecule has 2 rings (SSSR count). The molecule has 0 amide bonds. The minimum absolute atomic E-state index is 0.0842. The van der Waals surface area contributed by atoms with Gasteiger partial charge in [0, 0.05) is 17.1 Å².